The smallest absolute Gasteiger partial charge is 0.119 e. The van der Waals surface area contributed by atoms with Crippen molar-refractivity contribution >= 4 is 31.5 Å². The highest BCUT2D eigenvalue weighted by molar-refractivity contribution is 7.25. The number of fused-ring (bicyclic) bond motifs is 3. The molecule has 0 spiro atoms. The highest BCUT2D eigenvalue weighted by atomic mass is 32.1. The summed E-state index contributed by atoms with van der Waals surface area (Å²) in [7, 11) is 1.70. The second kappa shape index (κ2) is 4.50. The minimum absolute atomic E-state index is 0.691. The molecule has 0 N–H and O–H groups in total. The van der Waals surface area contributed by atoms with E-state index in [4.69, 9.17) is 9.47 Å². The summed E-state index contributed by atoms with van der Waals surface area (Å²) >= 11 is 1.80. The molecule has 0 aliphatic rings. The Labute approximate surface area is 110 Å². The van der Waals surface area contributed by atoms with Crippen molar-refractivity contribution in [2.75, 3.05) is 13.7 Å². The summed E-state index contributed by atoms with van der Waals surface area (Å²) in [5.41, 5.74) is 0. The van der Waals surface area contributed by atoms with Gasteiger partial charge in [-0.25, -0.2) is 0 Å². The third-order valence-corrected chi connectivity index (χ3v) is 4.11. The van der Waals surface area contributed by atoms with Crippen LogP contribution < -0.4 is 9.47 Å². The molecule has 3 rings (SSSR count). The maximum absolute atomic E-state index is 5.56. The third-order valence-electron chi connectivity index (χ3n) is 2.96. The number of benzene rings is 2. The van der Waals surface area contributed by atoms with Crippen LogP contribution in [0, 0.1) is 0 Å². The van der Waals surface area contributed by atoms with Gasteiger partial charge in [0, 0.05) is 20.2 Å². The predicted molar refractivity (Wildman–Crippen MR) is 77.1 cm³/mol. The van der Waals surface area contributed by atoms with Crippen molar-refractivity contribution < 1.29 is 9.47 Å². The number of hydrogen-bond acceptors (Lipinski definition) is 3. The lowest BCUT2D eigenvalue weighted by molar-refractivity contribution is 0.341. The van der Waals surface area contributed by atoms with Crippen molar-refractivity contribution in [3.8, 4) is 11.5 Å². The Bertz CT molecular complexity index is 700. The SMILES string of the molecule is CCOc1ccc2sc3ccc(OC)cc3c2c1. The van der Waals surface area contributed by atoms with E-state index in [-0.39, 0.29) is 0 Å². The Morgan fingerprint density at radius 3 is 2.17 bits per heavy atom. The van der Waals surface area contributed by atoms with E-state index in [1.54, 1.807) is 18.4 Å². The van der Waals surface area contributed by atoms with Gasteiger partial charge in [-0.05, 0) is 43.3 Å². The normalized spacial score (nSPS) is 11.0. The Balaban J connectivity index is 2.27. The molecule has 18 heavy (non-hydrogen) atoms. The Morgan fingerprint density at radius 2 is 1.56 bits per heavy atom. The monoisotopic (exact) mass is 258 g/mol. The standard InChI is InChI=1S/C15H14O2S/c1-3-17-11-5-7-15-13(9-11)12-8-10(16-2)4-6-14(12)18-15/h4-9H,3H2,1-2H3. The second-order valence-electron chi connectivity index (χ2n) is 4.06. The zero-order valence-corrected chi connectivity index (χ0v) is 11.2. The van der Waals surface area contributed by atoms with Crippen LogP contribution in [0.2, 0.25) is 0 Å². The lowest BCUT2D eigenvalue weighted by Crippen LogP contribution is -1.90. The molecule has 0 aliphatic heterocycles. The molecule has 0 amide bonds. The minimum atomic E-state index is 0.691. The van der Waals surface area contributed by atoms with Gasteiger partial charge in [-0.2, -0.15) is 0 Å². The first-order valence-electron chi connectivity index (χ1n) is 5.95. The van der Waals surface area contributed by atoms with Gasteiger partial charge < -0.3 is 9.47 Å². The van der Waals surface area contributed by atoms with Gasteiger partial charge in [-0.3, -0.25) is 0 Å². The van der Waals surface area contributed by atoms with Crippen LogP contribution in [0.15, 0.2) is 36.4 Å². The van der Waals surface area contributed by atoms with E-state index in [2.05, 4.69) is 24.3 Å². The maximum atomic E-state index is 5.56. The van der Waals surface area contributed by atoms with Crippen LogP contribution in [0.4, 0.5) is 0 Å². The Hall–Kier alpha value is -1.74. The van der Waals surface area contributed by atoms with E-state index in [9.17, 15) is 0 Å². The molecule has 0 bridgehead atoms. The molecule has 0 saturated heterocycles. The first-order valence-corrected chi connectivity index (χ1v) is 6.76. The topological polar surface area (TPSA) is 18.5 Å². The van der Waals surface area contributed by atoms with Crippen LogP contribution >= 0.6 is 11.3 Å². The van der Waals surface area contributed by atoms with Crippen molar-refractivity contribution in [1.29, 1.82) is 0 Å². The van der Waals surface area contributed by atoms with Gasteiger partial charge in [0.1, 0.15) is 11.5 Å². The number of rotatable bonds is 3. The predicted octanol–water partition coefficient (Wildman–Crippen LogP) is 4.46. The van der Waals surface area contributed by atoms with E-state index in [0.29, 0.717) is 6.61 Å². The summed E-state index contributed by atoms with van der Waals surface area (Å²) in [6.45, 7) is 2.69. The molecule has 2 nitrogen and oxygen atoms in total. The summed E-state index contributed by atoms with van der Waals surface area (Å²) in [6, 6.07) is 12.5. The van der Waals surface area contributed by atoms with Gasteiger partial charge in [0.05, 0.1) is 13.7 Å². The van der Waals surface area contributed by atoms with Crippen LogP contribution in [0.5, 0.6) is 11.5 Å². The molecule has 92 valence electrons. The molecule has 0 unspecified atom stereocenters. The van der Waals surface area contributed by atoms with E-state index in [1.165, 1.54) is 20.2 Å². The molecular weight excluding hydrogens is 244 g/mol. The molecular formula is C15H14O2S. The number of hydrogen-bond donors (Lipinski definition) is 0. The van der Waals surface area contributed by atoms with Crippen LogP contribution in [0.3, 0.4) is 0 Å². The minimum Gasteiger partial charge on any atom is -0.497 e. The molecule has 1 heterocycles. The van der Waals surface area contributed by atoms with Gasteiger partial charge in [0.2, 0.25) is 0 Å². The van der Waals surface area contributed by atoms with Gasteiger partial charge >= 0.3 is 0 Å². The van der Waals surface area contributed by atoms with E-state index >= 15 is 0 Å². The lowest BCUT2D eigenvalue weighted by Gasteiger charge is -2.02. The summed E-state index contributed by atoms with van der Waals surface area (Å²) < 4.78 is 13.4. The summed E-state index contributed by atoms with van der Waals surface area (Å²) in [5, 5.41) is 2.47. The fraction of sp³-hybridized carbons (Fsp3) is 0.200. The van der Waals surface area contributed by atoms with E-state index < -0.39 is 0 Å². The van der Waals surface area contributed by atoms with E-state index in [1.807, 2.05) is 19.1 Å². The number of methoxy groups -OCH3 is 1. The van der Waals surface area contributed by atoms with Crippen LogP contribution in [0.25, 0.3) is 20.2 Å². The quantitative estimate of drug-likeness (QED) is 0.690. The van der Waals surface area contributed by atoms with Crippen molar-refractivity contribution in [3.05, 3.63) is 36.4 Å². The molecule has 3 heteroatoms. The third kappa shape index (κ3) is 1.81. The molecule has 0 saturated carbocycles. The first-order chi connectivity index (χ1) is 8.81. The zero-order chi connectivity index (χ0) is 12.5. The van der Waals surface area contributed by atoms with Crippen molar-refractivity contribution in [2.24, 2.45) is 0 Å². The number of ether oxygens (including phenoxy) is 2. The van der Waals surface area contributed by atoms with Crippen LogP contribution in [-0.2, 0) is 0 Å². The largest absolute Gasteiger partial charge is 0.497 e. The molecule has 2 aromatic carbocycles. The molecule has 0 atom stereocenters. The van der Waals surface area contributed by atoms with Crippen LogP contribution in [0.1, 0.15) is 6.92 Å². The summed E-state index contributed by atoms with van der Waals surface area (Å²) in [6.07, 6.45) is 0. The second-order valence-corrected chi connectivity index (χ2v) is 5.14. The first kappa shape index (κ1) is 11.4. The Kier molecular flexibility index (Phi) is 2.84. The van der Waals surface area contributed by atoms with E-state index in [0.717, 1.165) is 11.5 Å². The number of thiophene rings is 1. The van der Waals surface area contributed by atoms with Crippen molar-refractivity contribution in [1.82, 2.24) is 0 Å². The molecule has 0 aliphatic carbocycles. The Morgan fingerprint density at radius 1 is 0.944 bits per heavy atom. The average molecular weight is 258 g/mol. The van der Waals surface area contributed by atoms with Gasteiger partial charge in [0.15, 0.2) is 0 Å². The summed E-state index contributed by atoms with van der Waals surface area (Å²) in [5.74, 6) is 1.82. The van der Waals surface area contributed by atoms with Gasteiger partial charge in [-0.15, -0.1) is 11.3 Å². The van der Waals surface area contributed by atoms with Gasteiger partial charge in [0.25, 0.3) is 0 Å². The fourth-order valence-corrected chi connectivity index (χ4v) is 3.19. The fourth-order valence-electron chi connectivity index (χ4n) is 2.12. The van der Waals surface area contributed by atoms with Crippen molar-refractivity contribution in [2.45, 2.75) is 6.92 Å². The molecule has 3 aromatic rings. The summed E-state index contributed by atoms with van der Waals surface area (Å²) in [4.78, 5) is 0. The average Bonchev–Trinajstić information content (AvgIpc) is 2.76. The zero-order valence-electron chi connectivity index (χ0n) is 10.4. The molecule has 0 fully saturated rings. The van der Waals surface area contributed by atoms with Crippen LogP contribution in [-0.4, -0.2) is 13.7 Å². The van der Waals surface area contributed by atoms with Crippen molar-refractivity contribution in [3.63, 3.8) is 0 Å². The maximum Gasteiger partial charge on any atom is 0.119 e. The highest BCUT2D eigenvalue weighted by Crippen LogP contribution is 2.37. The van der Waals surface area contributed by atoms with Gasteiger partial charge in [-0.1, -0.05) is 0 Å². The lowest BCUT2D eigenvalue weighted by atomic mass is 10.1. The molecule has 1 aromatic heterocycles. The molecule has 0 radical (unpaired) electrons. The highest BCUT2D eigenvalue weighted by Gasteiger charge is 2.07.